The molecule has 0 radical (unpaired) electrons. The van der Waals surface area contributed by atoms with Gasteiger partial charge in [-0.05, 0) is 17.0 Å². The number of carbonyl (C=O) groups excluding carboxylic acids is 1. The molecule has 0 fully saturated rings. The fourth-order valence-electron chi connectivity index (χ4n) is 1.51. The maximum atomic E-state index is 11.8. The summed E-state index contributed by atoms with van der Waals surface area (Å²) in [6.07, 6.45) is 0. The minimum atomic E-state index is -0.601. The zero-order valence-corrected chi connectivity index (χ0v) is 10.1. The number of hydrogen-bond acceptors (Lipinski definition) is 3. The molecule has 0 saturated carbocycles. The number of thiophene rings is 1. The summed E-state index contributed by atoms with van der Waals surface area (Å²) in [5, 5.41) is 4.81. The lowest BCUT2D eigenvalue weighted by Gasteiger charge is -2.11. The van der Waals surface area contributed by atoms with Crippen LogP contribution < -0.4 is 11.1 Å². The third-order valence-corrected chi connectivity index (χ3v) is 3.33. The predicted octanol–water partition coefficient (Wildman–Crippen LogP) is 2.06. The lowest BCUT2D eigenvalue weighted by Crippen LogP contribution is -2.33. The van der Waals surface area contributed by atoms with Gasteiger partial charge in [0, 0.05) is 4.88 Å². The zero-order chi connectivity index (χ0) is 12.1. The van der Waals surface area contributed by atoms with Gasteiger partial charge in [0.15, 0.2) is 0 Å². The second-order valence-corrected chi connectivity index (χ2v) is 4.72. The van der Waals surface area contributed by atoms with Crippen molar-refractivity contribution in [2.75, 3.05) is 0 Å². The third-order valence-electron chi connectivity index (χ3n) is 2.46. The topological polar surface area (TPSA) is 55.1 Å². The monoisotopic (exact) mass is 246 g/mol. The van der Waals surface area contributed by atoms with Crippen molar-refractivity contribution in [3.8, 4) is 0 Å². The molecular formula is C13H14N2OS. The molecule has 2 aromatic rings. The van der Waals surface area contributed by atoms with Gasteiger partial charge >= 0.3 is 0 Å². The van der Waals surface area contributed by atoms with E-state index in [-0.39, 0.29) is 5.91 Å². The summed E-state index contributed by atoms with van der Waals surface area (Å²) in [5.41, 5.74) is 6.70. The van der Waals surface area contributed by atoms with Gasteiger partial charge in [-0.15, -0.1) is 11.3 Å². The summed E-state index contributed by atoms with van der Waals surface area (Å²) in [6, 6.07) is 12.7. The molecule has 2 rings (SSSR count). The molecule has 1 aromatic carbocycles. The van der Waals surface area contributed by atoms with Crippen LogP contribution in [0.15, 0.2) is 47.8 Å². The first-order valence-electron chi connectivity index (χ1n) is 5.38. The van der Waals surface area contributed by atoms with Crippen LogP contribution in [0, 0.1) is 0 Å². The first-order chi connectivity index (χ1) is 8.27. The van der Waals surface area contributed by atoms with Crippen molar-refractivity contribution in [1.29, 1.82) is 0 Å². The van der Waals surface area contributed by atoms with Crippen LogP contribution in [0.2, 0.25) is 0 Å². The molecule has 1 heterocycles. The highest BCUT2D eigenvalue weighted by molar-refractivity contribution is 7.09. The lowest BCUT2D eigenvalue weighted by molar-refractivity contribution is -0.122. The van der Waals surface area contributed by atoms with E-state index < -0.39 is 6.04 Å². The first kappa shape index (κ1) is 11.8. The van der Waals surface area contributed by atoms with E-state index in [1.807, 2.05) is 47.8 Å². The van der Waals surface area contributed by atoms with Crippen molar-refractivity contribution >= 4 is 17.2 Å². The number of amides is 1. The van der Waals surface area contributed by atoms with E-state index in [0.29, 0.717) is 6.54 Å². The molecule has 1 unspecified atom stereocenters. The molecule has 88 valence electrons. The average molecular weight is 246 g/mol. The van der Waals surface area contributed by atoms with Gasteiger partial charge in [-0.2, -0.15) is 0 Å². The van der Waals surface area contributed by atoms with Crippen LogP contribution in [0.1, 0.15) is 16.5 Å². The van der Waals surface area contributed by atoms with Crippen molar-refractivity contribution in [2.24, 2.45) is 5.73 Å². The highest BCUT2D eigenvalue weighted by atomic mass is 32.1. The number of hydrogen-bond donors (Lipinski definition) is 2. The van der Waals surface area contributed by atoms with Crippen LogP contribution in [0.25, 0.3) is 0 Å². The van der Waals surface area contributed by atoms with Gasteiger partial charge in [0.25, 0.3) is 0 Å². The second-order valence-electron chi connectivity index (χ2n) is 3.69. The molecule has 0 aliphatic heterocycles. The number of carbonyl (C=O) groups is 1. The summed E-state index contributed by atoms with van der Waals surface area (Å²) < 4.78 is 0. The number of nitrogens with one attached hydrogen (secondary N) is 1. The SMILES string of the molecule is NC(C(=O)NCc1cccs1)c1ccccc1. The molecule has 1 aromatic heterocycles. The Bertz CT molecular complexity index is 467. The van der Waals surface area contributed by atoms with Gasteiger partial charge in [-0.3, -0.25) is 4.79 Å². The molecule has 0 aliphatic rings. The van der Waals surface area contributed by atoms with Gasteiger partial charge < -0.3 is 11.1 Å². The number of nitrogens with two attached hydrogens (primary N) is 1. The molecule has 0 aliphatic carbocycles. The van der Waals surface area contributed by atoms with Crippen LogP contribution in [0.5, 0.6) is 0 Å². The van der Waals surface area contributed by atoms with E-state index in [1.54, 1.807) is 11.3 Å². The summed E-state index contributed by atoms with van der Waals surface area (Å²) in [4.78, 5) is 12.9. The van der Waals surface area contributed by atoms with E-state index >= 15 is 0 Å². The third kappa shape index (κ3) is 3.15. The Morgan fingerprint density at radius 3 is 2.65 bits per heavy atom. The molecule has 17 heavy (non-hydrogen) atoms. The fraction of sp³-hybridized carbons (Fsp3) is 0.154. The fourth-order valence-corrected chi connectivity index (χ4v) is 2.15. The maximum absolute atomic E-state index is 11.8. The highest BCUT2D eigenvalue weighted by Crippen LogP contribution is 2.11. The van der Waals surface area contributed by atoms with Crippen molar-refractivity contribution in [1.82, 2.24) is 5.32 Å². The van der Waals surface area contributed by atoms with Crippen molar-refractivity contribution < 1.29 is 4.79 Å². The average Bonchev–Trinajstić information content (AvgIpc) is 2.89. The lowest BCUT2D eigenvalue weighted by atomic mass is 10.1. The van der Waals surface area contributed by atoms with E-state index in [2.05, 4.69) is 5.32 Å². The Morgan fingerprint density at radius 1 is 1.24 bits per heavy atom. The quantitative estimate of drug-likeness (QED) is 0.867. The molecule has 0 bridgehead atoms. The van der Waals surface area contributed by atoms with Crippen LogP contribution >= 0.6 is 11.3 Å². The van der Waals surface area contributed by atoms with E-state index in [4.69, 9.17) is 5.73 Å². The Morgan fingerprint density at radius 2 is 2.00 bits per heavy atom. The maximum Gasteiger partial charge on any atom is 0.241 e. The summed E-state index contributed by atoms with van der Waals surface area (Å²) in [7, 11) is 0. The minimum Gasteiger partial charge on any atom is -0.350 e. The number of benzene rings is 1. The van der Waals surface area contributed by atoms with Gasteiger partial charge in [-0.1, -0.05) is 36.4 Å². The second kappa shape index (κ2) is 5.61. The van der Waals surface area contributed by atoms with Gasteiger partial charge in [-0.25, -0.2) is 0 Å². The molecule has 0 spiro atoms. The van der Waals surface area contributed by atoms with Crippen LogP contribution in [0.4, 0.5) is 0 Å². The van der Waals surface area contributed by atoms with E-state index in [9.17, 15) is 4.79 Å². The van der Waals surface area contributed by atoms with Gasteiger partial charge in [0.1, 0.15) is 6.04 Å². The molecule has 1 amide bonds. The Kier molecular flexibility index (Phi) is 3.90. The Hall–Kier alpha value is -1.65. The summed E-state index contributed by atoms with van der Waals surface area (Å²) in [6.45, 7) is 0.539. The molecule has 1 atom stereocenters. The zero-order valence-electron chi connectivity index (χ0n) is 9.30. The smallest absolute Gasteiger partial charge is 0.241 e. The highest BCUT2D eigenvalue weighted by Gasteiger charge is 2.14. The first-order valence-corrected chi connectivity index (χ1v) is 6.26. The predicted molar refractivity (Wildman–Crippen MR) is 69.5 cm³/mol. The van der Waals surface area contributed by atoms with Crippen LogP contribution in [-0.4, -0.2) is 5.91 Å². The number of rotatable bonds is 4. The minimum absolute atomic E-state index is 0.149. The van der Waals surface area contributed by atoms with E-state index in [1.165, 1.54) is 0 Å². The normalized spacial score (nSPS) is 12.1. The standard InChI is InChI=1S/C13H14N2OS/c14-12(10-5-2-1-3-6-10)13(16)15-9-11-7-4-8-17-11/h1-8,12H,9,14H2,(H,15,16). The van der Waals surface area contributed by atoms with Gasteiger partial charge in [0.2, 0.25) is 5.91 Å². The summed E-state index contributed by atoms with van der Waals surface area (Å²) in [5.74, 6) is -0.149. The molecular weight excluding hydrogens is 232 g/mol. The molecule has 4 heteroatoms. The van der Waals surface area contributed by atoms with Crippen molar-refractivity contribution in [3.63, 3.8) is 0 Å². The van der Waals surface area contributed by atoms with Crippen molar-refractivity contribution in [3.05, 3.63) is 58.3 Å². The summed E-state index contributed by atoms with van der Waals surface area (Å²) >= 11 is 1.62. The van der Waals surface area contributed by atoms with Crippen LogP contribution in [0.3, 0.4) is 0 Å². The van der Waals surface area contributed by atoms with Crippen molar-refractivity contribution in [2.45, 2.75) is 12.6 Å². The molecule has 0 saturated heterocycles. The Labute approximate surface area is 104 Å². The van der Waals surface area contributed by atoms with E-state index in [0.717, 1.165) is 10.4 Å². The van der Waals surface area contributed by atoms with Crippen LogP contribution in [-0.2, 0) is 11.3 Å². The Balaban J connectivity index is 1.92. The molecule has 3 N–H and O–H groups in total. The molecule has 3 nitrogen and oxygen atoms in total. The van der Waals surface area contributed by atoms with Gasteiger partial charge in [0.05, 0.1) is 6.54 Å². The largest absolute Gasteiger partial charge is 0.350 e.